The van der Waals surface area contributed by atoms with Crippen molar-refractivity contribution in [2.24, 2.45) is 5.92 Å². The van der Waals surface area contributed by atoms with Gasteiger partial charge in [-0.2, -0.15) is 0 Å². The Hall–Kier alpha value is -1.82. The topological polar surface area (TPSA) is 69.9 Å². The molecule has 2 aromatic rings. The molecule has 1 aliphatic heterocycles. The van der Waals surface area contributed by atoms with Crippen LogP contribution in [-0.2, 0) is 11.3 Å². The van der Waals surface area contributed by atoms with Crippen LogP contribution in [0.4, 0.5) is 0 Å². The maximum atomic E-state index is 12.2. The summed E-state index contributed by atoms with van der Waals surface area (Å²) in [5.74, 6) is 0.643. The molecule has 3 rings (SSSR count). The fourth-order valence-corrected chi connectivity index (χ4v) is 2.41. The van der Waals surface area contributed by atoms with Crippen LogP contribution in [0, 0.1) is 5.92 Å². The summed E-state index contributed by atoms with van der Waals surface area (Å²) in [5.41, 5.74) is 0.642. The van der Waals surface area contributed by atoms with Crippen molar-refractivity contribution in [1.29, 1.82) is 0 Å². The van der Waals surface area contributed by atoms with Crippen molar-refractivity contribution in [3.63, 3.8) is 0 Å². The number of nitrogens with zero attached hydrogens (tertiary/aromatic N) is 4. The Kier molecular flexibility index (Phi) is 3.50. The predicted molar refractivity (Wildman–Crippen MR) is 69.8 cm³/mol. The molecule has 6 nitrogen and oxygen atoms in total. The van der Waals surface area contributed by atoms with E-state index in [9.17, 15) is 4.79 Å². The molecule has 0 bridgehead atoms. The average molecular weight is 260 g/mol. The quantitative estimate of drug-likeness (QED) is 0.820. The van der Waals surface area contributed by atoms with Crippen LogP contribution in [-0.4, -0.2) is 32.7 Å². The van der Waals surface area contributed by atoms with Crippen LogP contribution in [0.5, 0.6) is 0 Å². The molecule has 0 aliphatic carbocycles. The van der Waals surface area contributed by atoms with Crippen LogP contribution in [0.1, 0.15) is 19.3 Å². The van der Waals surface area contributed by atoms with Crippen molar-refractivity contribution in [3.8, 4) is 0 Å². The first-order chi connectivity index (χ1) is 9.34. The van der Waals surface area contributed by atoms with Crippen LogP contribution in [0.3, 0.4) is 0 Å². The van der Waals surface area contributed by atoms with Crippen molar-refractivity contribution < 1.29 is 4.74 Å². The van der Waals surface area contributed by atoms with Crippen LogP contribution in [0.2, 0.25) is 0 Å². The molecule has 2 aromatic heterocycles. The third-order valence-electron chi connectivity index (χ3n) is 3.50. The number of hydrogen-bond acceptors (Lipinski definition) is 5. The van der Waals surface area contributed by atoms with Crippen LogP contribution in [0.15, 0.2) is 23.5 Å². The highest BCUT2D eigenvalue weighted by Crippen LogP contribution is 2.18. The van der Waals surface area contributed by atoms with Gasteiger partial charge in [0.25, 0.3) is 5.56 Å². The summed E-state index contributed by atoms with van der Waals surface area (Å²) in [6.07, 6.45) is 7.80. The lowest BCUT2D eigenvalue weighted by atomic mass is 10.0. The Morgan fingerprint density at radius 3 is 3.05 bits per heavy atom. The second-order valence-electron chi connectivity index (χ2n) is 4.84. The number of aromatic nitrogens is 4. The molecule has 100 valence electrons. The van der Waals surface area contributed by atoms with Gasteiger partial charge in [0.2, 0.25) is 0 Å². The van der Waals surface area contributed by atoms with Gasteiger partial charge in [-0.1, -0.05) is 0 Å². The summed E-state index contributed by atoms with van der Waals surface area (Å²) >= 11 is 0. The molecule has 0 aromatic carbocycles. The summed E-state index contributed by atoms with van der Waals surface area (Å²) < 4.78 is 6.96. The molecule has 19 heavy (non-hydrogen) atoms. The largest absolute Gasteiger partial charge is 0.381 e. The molecular weight excluding hydrogens is 244 g/mol. The molecule has 1 atom stereocenters. The number of aryl methyl sites for hydroxylation is 1. The molecular formula is C13H16N4O2. The standard InChI is InChI=1S/C13H16N4O2/c18-13-11-12(15-5-4-14-11)16-9-17(13)6-1-2-10-3-7-19-8-10/h4-5,9-10H,1-3,6-8H2/t10-/m1/s1. The maximum Gasteiger partial charge on any atom is 0.281 e. The normalized spacial score (nSPS) is 19.1. The van der Waals surface area contributed by atoms with E-state index in [-0.39, 0.29) is 5.56 Å². The van der Waals surface area contributed by atoms with Gasteiger partial charge < -0.3 is 4.74 Å². The molecule has 3 heterocycles. The average Bonchev–Trinajstić information content (AvgIpc) is 2.95. The Morgan fingerprint density at radius 1 is 1.32 bits per heavy atom. The van der Waals surface area contributed by atoms with Crippen LogP contribution >= 0.6 is 0 Å². The molecule has 1 aliphatic rings. The van der Waals surface area contributed by atoms with E-state index in [1.54, 1.807) is 17.1 Å². The van der Waals surface area contributed by atoms with E-state index in [4.69, 9.17) is 4.74 Å². The maximum absolute atomic E-state index is 12.2. The van der Waals surface area contributed by atoms with Crippen LogP contribution < -0.4 is 5.56 Å². The SMILES string of the molecule is O=c1c2nccnc2ncn1CCC[C@@H]1CCOC1. The van der Waals surface area contributed by atoms with E-state index in [0.29, 0.717) is 23.6 Å². The van der Waals surface area contributed by atoms with Crippen molar-refractivity contribution in [2.75, 3.05) is 13.2 Å². The van der Waals surface area contributed by atoms with Gasteiger partial charge in [-0.25, -0.2) is 15.0 Å². The summed E-state index contributed by atoms with van der Waals surface area (Å²) in [7, 11) is 0. The van der Waals surface area contributed by atoms with Gasteiger partial charge in [-0.3, -0.25) is 9.36 Å². The lowest BCUT2D eigenvalue weighted by molar-refractivity contribution is 0.183. The highest BCUT2D eigenvalue weighted by Gasteiger charge is 2.15. The predicted octanol–water partition coefficient (Wildman–Crippen LogP) is 1.00. The molecule has 6 heteroatoms. The molecule has 0 spiro atoms. The molecule has 0 radical (unpaired) electrons. The fourth-order valence-electron chi connectivity index (χ4n) is 2.41. The number of ether oxygens (including phenoxy) is 1. The summed E-state index contributed by atoms with van der Waals surface area (Å²) in [6, 6.07) is 0. The van der Waals surface area contributed by atoms with Gasteiger partial charge in [0.15, 0.2) is 11.2 Å². The summed E-state index contributed by atoms with van der Waals surface area (Å²) in [6.45, 7) is 2.41. The first-order valence-electron chi connectivity index (χ1n) is 6.58. The van der Waals surface area contributed by atoms with Crippen molar-refractivity contribution in [1.82, 2.24) is 19.5 Å². The Labute approximate surface area is 110 Å². The number of rotatable bonds is 4. The molecule has 1 fully saturated rings. The first-order valence-corrected chi connectivity index (χ1v) is 6.58. The van der Waals surface area contributed by atoms with E-state index < -0.39 is 0 Å². The highest BCUT2D eigenvalue weighted by molar-refractivity contribution is 5.66. The monoisotopic (exact) mass is 260 g/mol. The van der Waals surface area contributed by atoms with Gasteiger partial charge in [0, 0.05) is 32.2 Å². The van der Waals surface area contributed by atoms with E-state index in [0.717, 1.165) is 32.5 Å². The van der Waals surface area contributed by atoms with E-state index in [1.165, 1.54) is 6.20 Å². The van der Waals surface area contributed by atoms with Crippen molar-refractivity contribution in [2.45, 2.75) is 25.8 Å². The Balaban J connectivity index is 1.70. The van der Waals surface area contributed by atoms with E-state index in [2.05, 4.69) is 15.0 Å². The Bertz CT molecular complexity index is 619. The zero-order valence-electron chi connectivity index (χ0n) is 10.7. The highest BCUT2D eigenvalue weighted by atomic mass is 16.5. The first kappa shape index (κ1) is 12.2. The minimum atomic E-state index is -0.110. The Morgan fingerprint density at radius 2 is 2.21 bits per heavy atom. The second kappa shape index (κ2) is 5.44. The van der Waals surface area contributed by atoms with E-state index in [1.807, 2.05) is 0 Å². The number of hydrogen-bond donors (Lipinski definition) is 0. The minimum absolute atomic E-state index is 0.110. The van der Waals surface area contributed by atoms with Gasteiger partial charge in [-0.15, -0.1) is 0 Å². The van der Waals surface area contributed by atoms with Gasteiger partial charge in [-0.05, 0) is 25.2 Å². The zero-order valence-corrected chi connectivity index (χ0v) is 10.7. The molecule has 0 saturated carbocycles. The second-order valence-corrected chi connectivity index (χ2v) is 4.84. The minimum Gasteiger partial charge on any atom is -0.381 e. The van der Waals surface area contributed by atoms with Gasteiger partial charge in [0.1, 0.15) is 6.33 Å². The lowest BCUT2D eigenvalue weighted by Gasteiger charge is -2.08. The van der Waals surface area contributed by atoms with Crippen molar-refractivity contribution in [3.05, 3.63) is 29.1 Å². The van der Waals surface area contributed by atoms with E-state index >= 15 is 0 Å². The zero-order chi connectivity index (χ0) is 13.1. The lowest BCUT2D eigenvalue weighted by Crippen LogP contribution is -2.22. The van der Waals surface area contributed by atoms with Gasteiger partial charge >= 0.3 is 0 Å². The smallest absolute Gasteiger partial charge is 0.281 e. The summed E-state index contributed by atoms with van der Waals surface area (Å²) in [4.78, 5) is 24.4. The van der Waals surface area contributed by atoms with Crippen LogP contribution in [0.25, 0.3) is 11.2 Å². The molecule has 0 unspecified atom stereocenters. The van der Waals surface area contributed by atoms with Gasteiger partial charge in [0.05, 0.1) is 0 Å². The number of fused-ring (bicyclic) bond motifs is 1. The van der Waals surface area contributed by atoms with Crippen molar-refractivity contribution >= 4 is 11.2 Å². The molecule has 0 amide bonds. The third-order valence-corrected chi connectivity index (χ3v) is 3.50. The fraction of sp³-hybridized carbons (Fsp3) is 0.538. The molecule has 0 N–H and O–H groups in total. The third kappa shape index (κ3) is 2.63. The molecule has 1 saturated heterocycles. The summed E-state index contributed by atoms with van der Waals surface area (Å²) in [5, 5.41) is 0.